The fourth-order valence-corrected chi connectivity index (χ4v) is 1.70. The van der Waals surface area contributed by atoms with E-state index >= 15 is 0 Å². The highest BCUT2D eigenvalue weighted by Crippen LogP contribution is 2.36. The molecule has 0 atom stereocenters. The van der Waals surface area contributed by atoms with Crippen molar-refractivity contribution in [2.45, 2.75) is 13.0 Å². The molecule has 0 aromatic heterocycles. The Balaban J connectivity index is 2.38. The van der Waals surface area contributed by atoms with Gasteiger partial charge in [-0.3, -0.25) is 0 Å². The summed E-state index contributed by atoms with van der Waals surface area (Å²) in [5.74, 6) is 1.53. The number of carbonyl (C=O) groups excluding carboxylic acids is 1. The van der Waals surface area contributed by atoms with E-state index in [-0.39, 0.29) is 0 Å². The summed E-state index contributed by atoms with van der Waals surface area (Å²) in [6.45, 7) is 1.03. The van der Waals surface area contributed by atoms with Crippen LogP contribution in [0.3, 0.4) is 0 Å². The van der Waals surface area contributed by atoms with E-state index in [0.717, 1.165) is 23.3 Å². The average Bonchev–Trinajstić information content (AvgIpc) is 2.73. The number of fused-ring (bicyclic) bond motifs is 1. The molecule has 0 saturated heterocycles. The quantitative estimate of drug-likeness (QED) is 0.554. The van der Waals surface area contributed by atoms with Crippen molar-refractivity contribution in [1.29, 1.82) is 0 Å². The number of aliphatic imine (C=N–C) groups is 1. The molecule has 0 fully saturated rings. The van der Waals surface area contributed by atoms with Crippen LogP contribution in [0, 0.1) is 0 Å². The lowest BCUT2D eigenvalue weighted by molar-refractivity contribution is 0.326. The van der Waals surface area contributed by atoms with Gasteiger partial charge in [-0.05, 0) is 17.7 Å². The molecule has 1 heterocycles. The van der Waals surface area contributed by atoms with Crippen LogP contribution in [0.15, 0.2) is 17.1 Å². The minimum Gasteiger partial charge on any atom is -0.493 e. The summed E-state index contributed by atoms with van der Waals surface area (Å²) in [5.41, 5.74) is 2.06. The van der Waals surface area contributed by atoms with Gasteiger partial charge in [-0.1, -0.05) is 0 Å². The third-order valence-electron chi connectivity index (χ3n) is 2.36. The molecule has 0 aliphatic carbocycles. The predicted molar refractivity (Wildman–Crippen MR) is 54.0 cm³/mol. The van der Waals surface area contributed by atoms with Crippen LogP contribution in [0.25, 0.3) is 0 Å². The molecule has 4 heteroatoms. The highest BCUT2D eigenvalue weighted by molar-refractivity contribution is 5.51. The smallest absolute Gasteiger partial charge is 0.235 e. The monoisotopic (exact) mass is 205 g/mol. The van der Waals surface area contributed by atoms with E-state index < -0.39 is 0 Å². The Morgan fingerprint density at radius 1 is 1.60 bits per heavy atom. The molecule has 4 nitrogen and oxygen atoms in total. The van der Waals surface area contributed by atoms with Gasteiger partial charge in [0.1, 0.15) is 0 Å². The SMILES string of the molecule is COc1cc(CN=C=O)cc2c1OCC2. The van der Waals surface area contributed by atoms with E-state index in [1.165, 1.54) is 6.08 Å². The Hall–Kier alpha value is -1.80. The Morgan fingerprint density at radius 3 is 3.20 bits per heavy atom. The Bertz CT molecular complexity index is 422. The molecule has 1 aromatic carbocycles. The van der Waals surface area contributed by atoms with Crippen LogP contribution in [0.5, 0.6) is 11.5 Å². The van der Waals surface area contributed by atoms with Crippen LogP contribution in [0.2, 0.25) is 0 Å². The fourth-order valence-electron chi connectivity index (χ4n) is 1.70. The Morgan fingerprint density at radius 2 is 2.47 bits per heavy atom. The maximum atomic E-state index is 10.0. The molecule has 78 valence electrons. The summed E-state index contributed by atoms with van der Waals surface area (Å²) in [6.07, 6.45) is 2.40. The Labute approximate surface area is 87.5 Å². The summed E-state index contributed by atoms with van der Waals surface area (Å²) in [5, 5.41) is 0. The van der Waals surface area contributed by atoms with Crippen molar-refractivity contribution in [3.8, 4) is 11.5 Å². The molecule has 2 rings (SSSR count). The first-order valence-corrected chi connectivity index (χ1v) is 4.71. The van der Waals surface area contributed by atoms with E-state index in [0.29, 0.717) is 18.9 Å². The van der Waals surface area contributed by atoms with Crippen molar-refractivity contribution < 1.29 is 14.3 Å². The van der Waals surface area contributed by atoms with Crippen molar-refractivity contribution in [2.75, 3.05) is 13.7 Å². The van der Waals surface area contributed by atoms with Crippen molar-refractivity contribution >= 4 is 6.08 Å². The number of hydrogen-bond acceptors (Lipinski definition) is 4. The topological polar surface area (TPSA) is 47.9 Å². The molecule has 0 unspecified atom stereocenters. The van der Waals surface area contributed by atoms with Crippen molar-refractivity contribution in [3.63, 3.8) is 0 Å². The van der Waals surface area contributed by atoms with Gasteiger partial charge in [0.15, 0.2) is 11.5 Å². The van der Waals surface area contributed by atoms with Crippen LogP contribution in [0.1, 0.15) is 11.1 Å². The number of benzene rings is 1. The second kappa shape index (κ2) is 4.15. The van der Waals surface area contributed by atoms with E-state index in [2.05, 4.69) is 4.99 Å². The first kappa shape index (κ1) is 9.74. The van der Waals surface area contributed by atoms with Gasteiger partial charge in [-0.2, -0.15) is 0 Å². The highest BCUT2D eigenvalue weighted by Gasteiger charge is 2.18. The number of ether oxygens (including phenoxy) is 2. The van der Waals surface area contributed by atoms with Gasteiger partial charge in [0.05, 0.1) is 20.3 Å². The summed E-state index contributed by atoms with van der Waals surface area (Å²) >= 11 is 0. The van der Waals surface area contributed by atoms with Gasteiger partial charge in [0, 0.05) is 12.0 Å². The molecule has 0 N–H and O–H groups in total. The minimum atomic E-state index is 0.340. The molecule has 0 bridgehead atoms. The molecule has 15 heavy (non-hydrogen) atoms. The van der Waals surface area contributed by atoms with E-state index in [1.807, 2.05) is 12.1 Å². The molecule has 0 amide bonds. The number of isocyanates is 1. The van der Waals surface area contributed by atoms with Crippen LogP contribution in [-0.4, -0.2) is 19.8 Å². The number of methoxy groups -OCH3 is 1. The lowest BCUT2D eigenvalue weighted by atomic mass is 10.1. The van der Waals surface area contributed by atoms with Crippen molar-refractivity contribution in [2.24, 2.45) is 4.99 Å². The zero-order chi connectivity index (χ0) is 10.7. The number of nitrogens with zero attached hydrogens (tertiary/aromatic N) is 1. The molecule has 1 aliphatic heterocycles. The van der Waals surface area contributed by atoms with Gasteiger partial charge < -0.3 is 9.47 Å². The number of hydrogen-bond donors (Lipinski definition) is 0. The zero-order valence-electron chi connectivity index (χ0n) is 8.45. The third kappa shape index (κ3) is 1.85. The summed E-state index contributed by atoms with van der Waals surface area (Å²) < 4.78 is 10.7. The summed E-state index contributed by atoms with van der Waals surface area (Å²) in [6, 6.07) is 3.83. The maximum Gasteiger partial charge on any atom is 0.235 e. The van der Waals surface area contributed by atoms with E-state index in [9.17, 15) is 4.79 Å². The van der Waals surface area contributed by atoms with Gasteiger partial charge >= 0.3 is 0 Å². The maximum absolute atomic E-state index is 10.0. The van der Waals surface area contributed by atoms with Crippen LogP contribution >= 0.6 is 0 Å². The molecular weight excluding hydrogens is 194 g/mol. The largest absolute Gasteiger partial charge is 0.493 e. The second-order valence-electron chi connectivity index (χ2n) is 3.29. The minimum absolute atomic E-state index is 0.340. The van der Waals surface area contributed by atoms with Crippen LogP contribution < -0.4 is 9.47 Å². The molecular formula is C11H11NO3. The van der Waals surface area contributed by atoms with Gasteiger partial charge in [0.25, 0.3) is 0 Å². The molecule has 1 aliphatic rings. The van der Waals surface area contributed by atoms with E-state index in [1.54, 1.807) is 7.11 Å². The lowest BCUT2D eigenvalue weighted by Crippen LogP contribution is -1.92. The predicted octanol–water partition coefficient (Wildman–Crippen LogP) is 1.47. The number of rotatable bonds is 3. The lowest BCUT2D eigenvalue weighted by Gasteiger charge is -2.08. The first-order valence-electron chi connectivity index (χ1n) is 4.71. The van der Waals surface area contributed by atoms with Crippen molar-refractivity contribution in [1.82, 2.24) is 0 Å². The second-order valence-corrected chi connectivity index (χ2v) is 3.29. The summed E-state index contributed by atoms with van der Waals surface area (Å²) in [4.78, 5) is 13.6. The molecule has 1 aromatic rings. The van der Waals surface area contributed by atoms with Gasteiger partial charge in [0.2, 0.25) is 6.08 Å². The molecule has 0 radical (unpaired) electrons. The normalized spacial score (nSPS) is 12.6. The van der Waals surface area contributed by atoms with Gasteiger partial charge in [-0.25, -0.2) is 9.79 Å². The van der Waals surface area contributed by atoms with Crippen molar-refractivity contribution in [3.05, 3.63) is 23.3 Å². The standard InChI is InChI=1S/C11H11NO3/c1-14-10-5-8(6-12-7-13)4-9-2-3-15-11(9)10/h4-5H,2-3,6H2,1H3. The van der Waals surface area contributed by atoms with E-state index in [4.69, 9.17) is 9.47 Å². The highest BCUT2D eigenvalue weighted by atomic mass is 16.5. The fraction of sp³-hybridized carbons (Fsp3) is 0.364. The van der Waals surface area contributed by atoms with Crippen LogP contribution in [0.4, 0.5) is 0 Å². The zero-order valence-corrected chi connectivity index (χ0v) is 8.45. The van der Waals surface area contributed by atoms with Gasteiger partial charge in [-0.15, -0.1) is 0 Å². The Kier molecular flexibility index (Phi) is 2.70. The average molecular weight is 205 g/mol. The summed E-state index contributed by atoms with van der Waals surface area (Å²) in [7, 11) is 1.60. The molecule has 0 saturated carbocycles. The third-order valence-corrected chi connectivity index (χ3v) is 2.36. The van der Waals surface area contributed by atoms with Crippen LogP contribution in [-0.2, 0) is 17.8 Å². The molecule has 0 spiro atoms. The first-order chi connectivity index (χ1) is 7.35.